The molecule has 2 heterocycles. The van der Waals surface area contributed by atoms with E-state index >= 15 is 0 Å². The van der Waals surface area contributed by atoms with Gasteiger partial charge in [-0.05, 0) is 57.8 Å². The number of rotatable bonds is 5. The van der Waals surface area contributed by atoms with Gasteiger partial charge in [-0.25, -0.2) is 0 Å². The van der Waals surface area contributed by atoms with E-state index in [9.17, 15) is 4.79 Å². The minimum absolute atomic E-state index is 0.705. The van der Waals surface area contributed by atoms with Crippen LogP contribution in [0.15, 0.2) is 0 Å². The number of hydrogen-bond donors (Lipinski definition) is 0. The summed E-state index contributed by atoms with van der Waals surface area (Å²) in [7, 11) is 0. The highest BCUT2D eigenvalue weighted by Gasteiger charge is 2.22. The molecule has 0 atom stereocenters. The summed E-state index contributed by atoms with van der Waals surface area (Å²) in [5, 5.41) is 0. The van der Waals surface area contributed by atoms with E-state index in [-0.39, 0.29) is 0 Å². The first-order chi connectivity index (χ1) is 7.88. The van der Waals surface area contributed by atoms with Gasteiger partial charge in [-0.2, -0.15) is 0 Å². The smallest absolute Gasteiger partial charge is 0.121 e. The molecule has 2 aliphatic heterocycles. The van der Waals surface area contributed by atoms with Crippen molar-refractivity contribution >= 4 is 6.29 Å². The summed E-state index contributed by atoms with van der Waals surface area (Å²) in [6.45, 7) is 7.34. The summed E-state index contributed by atoms with van der Waals surface area (Å²) >= 11 is 0. The van der Waals surface area contributed by atoms with Crippen LogP contribution in [-0.2, 0) is 4.79 Å². The first-order valence-corrected chi connectivity index (χ1v) is 6.77. The van der Waals surface area contributed by atoms with Gasteiger partial charge in [0.1, 0.15) is 6.29 Å². The van der Waals surface area contributed by atoms with Crippen LogP contribution >= 0.6 is 0 Å². The minimum Gasteiger partial charge on any atom is -0.303 e. The quantitative estimate of drug-likeness (QED) is 0.659. The van der Waals surface area contributed by atoms with Crippen molar-refractivity contribution in [1.82, 2.24) is 9.80 Å². The van der Waals surface area contributed by atoms with Crippen LogP contribution in [0.4, 0.5) is 0 Å². The van der Waals surface area contributed by atoms with Gasteiger partial charge in [-0.15, -0.1) is 0 Å². The van der Waals surface area contributed by atoms with E-state index in [4.69, 9.17) is 0 Å². The molecule has 0 spiro atoms. The van der Waals surface area contributed by atoms with Crippen molar-refractivity contribution < 1.29 is 4.79 Å². The van der Waals surface area contributed by atoms with Crippen molar-refractivity contribution in [2.45, 2.75) is 32.1 Å². The molecule has 2 aliphatic rings. The average molecular weight is 224 g/mol. The van der Waals surface area contributed by atoms with Gasteiger partial charge in [-0.3, -0.25) is 0 Å². The van der Waals surface area contributed by atoms with Crippen LogP contribution in [-0.4, -0.2) is 55.4 Å². The minimum atomic E-state index is 0.705. The summed E-state index contributed by atoms with van der Waals surface area (Å²) < 4.78 is 0. The summed E-state index contributed by atoms with van der Waals surface area (Å²) in [5.41, 5.74) is 0. The Morgan fingerprint density at radius 1 is 1.00 bits per heavy atom. The van der Waals surface area contributed by atoms with Crippen LogP contribution in [0.25, 0.3) is 0 Å². The third-order valence-corrected chi connectivity index (χ3v) is 3.99. The van der Waals surface area contributed by atoms with E-state index in [0.717, 1.165) is 18.7 Å². The second-order valence-electron chi connectivity index (χ2n) is 5.25. The third kappa shape index (κ3) is 3.56. The van der Waals surface area contributed by atoms with E-state index in [1.807, 2.05) is 0 Å². The summed E-state index contributed by atoms with van der Waals surface area (Å²) in [5.74, 6) is 0.908. The largest absolute Gasteiger partial charge is 0.303 e. The van der Waals surface area contributed by atoms with Gasteiger partial charge in [0.05, 0.1) is 0 Å². The van der Waals surface area contributed by atoms with Crippen LogP contribution in [0, 0.1) is 5.92 Å². The van der Waals surface area contributed by atoms with Crippen molar-refractivity contribution in [3.63, 3.8) is 0 Å². The summed E-state index contributed by atoms with van der Waals surface area (Å²) in [6, 6.07) is 0. The Balaban J connectivity index is 1.62. The number of carbonyl (C=O) groups excluding carboxylic acids is 1. The molecule has 0 aromatic carbocycles. The SMILES string of the molecule is O=CCCN1CCC(CN2CCCC2)CC1. The summed E-state index contributed by atoms with van der Waals surface area (Å²) in [6.07, 6.45) is 7.20. The predicted molar refractivity (Wildman–Crippen MR) is 65.5 cm³/mol. The fourth-order valence-electron chi connectivity index (χ4n) is 2.96. The molecule has 0 aromatic rings. The van der Waals surface area contributed by atoms with Gasteiger partial charge in [-0.1, -0.05) is 0 Å². The zero-order valence-electron chi connectivity index (χ0n) is 10.2. The Morgan fingerprint density at radius 2 is 1.69 bits per heavy atom. The number of piperidine rings is 1. The molecule has 3 nitrogen and oxygen atoms in total. The fourth-order valence-corrected chi connectivity index (χ4v) is 2.96. The van der Waals surface area contributed by atoms with Gasteiger partial charge < -0.3 is 14.6 Å². The second kappa shape index (κ2) is 6.36. The maximum Gasteiger partial charge on any atom is 0.121 e. The molecule has 0 amide bonds. The Kier molecular flexibility index (Phi) is 4.79. The van der Waals surface area contributed by atoms with E-state index in [1.54, 1.807) is 0 Å². The molecule has 0 saturated carbocycles. The van der Waals surface area contributed by atoms with E-state index < -0.39 is 0 Å². The maximum atomic E-state index is 10.3. The topological polar surface area (TPSA) is 23.6 Å². The van der Waals surface area contributed by atoms with Crippen LogP contribution in [0.1, 0.15) is 32.1 Å². The van der Waals surface area contributed by atoms with Gasteiger partial charge in [0.2, 0.25) is 0 Å². The normalized spacial score (nSPS) is 25.0. The number of nitrogens with zero attached hydrogens (tertiary/aromatic N) is 2. The van der Waals surface area contributed by atoms with Crippen LogP contribution in [0.3, 0.4) is 0 Å². The molecule has 2 fully saturated rings. The van der Waals surface area contributed by atoms with Gasteiger partial charge >= 0.3 is 0 Å². The van der Waals surface area contributed by atoms with Crippen molar-refractivity contribution in [2.24, 2.45) is 5.92 Å². The highest BCUT2D eigenvalue weighted by molar-refractivity contribution is 5.49. The van der Waals surface area contributed by atoms with Gasteiger partial charge in [0.25, 0.3) is 0 Å². The molecule has 16 heavy (non-hydrogen) atoms. The first-order valence-electron chi connectivity index (χ1n) is 6.77. The Morgan fingerprint density at radius 3 is 2.31 bits per heavy atom. The Labute approximate surface area is 98.8 Å². The molecule has 3 heteroatoms. The van der Waals surface area contributed by atoms with Crippen LogP contribution in [0.5, 0.6) is 0 Å². The third-order valence-electron chi connectivity index (χ3n) is 3.99. The van der Waals surface area contributed by atoms with E-state index in [1.165, 1.54) is 58.4 Å². The molecular weight excluding hydrogens is 200 g/mol. The molecule has 0 bridgehead atoms. The fraction of sp³-hybridized carbons (Fsp3) is 0.923. The zero-order chi connectivity index (χ0) is 11.2. The number of carbonyl (C=O) groups is 1. The van der Waals surface area contributed by atoms with Crippen molar-refractivity contribution in [1.29, 1.82) is 0 Å². The highest BCUT2D eigenvalue weighted by atomic mass is 16.1. The van der Waals surface area contributed by atoms with Gasteiger partial charge in [0, 0.05) is 19.5 Å². The average Bonchev–Trinajstić information content (AvgIpc) is 2.81. The molecule has 0 unspecified atom stereocenters. The molecule has 0 aromatic heterocycles. The molecule has 0 radical (unpaired) electrons. The van der Waals surface area contributed by atoms with Crippen LogP contribution in [0.2, 0.25) is 0 Å². The highest BCUT2D eigenvalue weighted by Crippen LogP contribution is 2.20. The lowest BCUT2D eigenvalue weighted by Gasteiger charge is -2.33. The monoisotopic (exact) mass is 224 g/mol. The van der Waals surface area contributed by atoms with E-state index in [0.29, 0.717) is 6.42 Å². The zero-order valence-corrected chi connectivity index (χ0v) is 10.2. The van der Waals surface area contributed by atoms with Crippen molar-refractivity contribution in [3.8, 4) is 0 Å². The Hall–Kier alpha value is -0.410. The molecule has 2 saturated heterocycles. The number of likely N-dealkylation sites (tertiary alicyclic amines) is 2. The Bertz CT molecular complexity index is 206. The first kappa shape index (κ1) is 12.1. The lowest BCUT2D eigenvalue weighted by Crippen LogP contribution is -2.38. The predicted octanol–water partition coefficient (Wildman–Crippen LogP) is 1.38. The van der Waals surface area contributed by atoms with Crippen molar-refractivity contribution in [3.05, 3.63) is 0 Å². The lowest BCUT2D eigenvalue weighted by molar-refractivity contribution is -0.108. The second-order valence-corrected chi connectivity index (χ2v) is 5.25. The molecule has 0 aliphatic carbocycles. The molecule has 2 rings (SSSR count). The number of aldehydes is 1. The number of hydrogen-bond acceptors (Lipinski definition) is 3. The molecular formula is C13H24N2O. The molecule has 0 N–H and O–H groups in total. The standard InChI is InChI=1S/C13H24N2O/c16-11-3-8-14-9-4-13(5-10-14)12-15-6-1-2-7-15/h11,13H,1-10,12H2. The summed E-state index contributed by atoms with van der Waals surface area (Å²) in [4.78, 5) is 15.4. The lowest BCUT2D eigenvalue weighted by atomic mass is 9.96. The molecule has 92 valence electrons. The van der Waals surface area contributed by atoms with Crippen molar-refractivity contribution in [2.75, 3.05) is 39.3 Å². The maximum absolute atomic E-state index is 10.3. The van der Waals surface area contributed by atoms with Gasteiger partial charge in [0.15, 0.2) is 0 Å². The van der Waals surface area contributed by atoms with Crippen LogP contribution < -0.4 is 0 Å². The van der Waals surface area contributed by atoms with E-state index in [2.05, 4.69) is 9.80 Å².